The minimum Gasteiger partial charge on any atom is -0.346 e. The lowest BCUT2D eigenvalue weighted by Gasteiger charge is -2.13. The molecule has 6 heteroatoms. The van der Waals surface area contributed by atoms with Gasteiger partial charge in [-0.3, -0.25) is 9.69 Å². The Morgan fingerprint density at radius 2 is 1.93 bits per heavy atom. The minimum absolute atomic E-state index is 0.178. The number of nitriles is 1. The van der Waals surface area contributed by atoms with E-state index in [0.717, 1.165) is 27.7 Å². The van der Waals surface area contributed by atoms with Gasteiger partial charge in [0.15, 0.2) is 5.11 Å². The topological polar surface area (TPSA) is 61.1 Å². The molecule has 5 nitrogen and oxygen atoms in total. The number of carbonyl (C=O) groups is 1. The Balaban J connectivity index is 1.72. The fourth-order valence-corrected chi connectivity index (χ4v) is 3.66. The molecule has 1 aromatic heterocycles. The maximum absolute atomic E-state index is 13.0. The lowest BCUT2D eigenvalue weighted by molar-refractivity contribution is -0.113. The molecule has 0 radical (unpaired) electrons. The van der Waals surface area contributed by atoms with E-state index < -0.39 is 0 Å². The molecule has 1 fully saturated rings. The van der Waals surface area contributed by atoms with Gasteiger partial charge in [0.25, 0.3) is 5.91 Å². The van der Waals surface area contributed by atoms with Gasteiger partial charge in [-0.05, 0) is 43.4 Å². The van der Waals surface area contributed by atoms with Crippen LogP contribution in [0.15, 0.2) is 60.4 Å². The number of benzene rings is 2. The molecule has 0 spiro atoms. The van der Waals surface area contributed by atoms with Crippen molar-refractivity contribution in [1.29, 1.82) is 5.26 Å². The first-order valence-corrected chi connectivity index (χ1v) is 9.38. The first kappa shape index (κ1) is 18.0. The number of fused-ring (bicyclic) bond motifs is 1. The summed E-state index contributed by atoms with van der Waals surface area (Å²) in [6, 6.07) is 17.8. The molecule has 1 saturated heterocycles. The van der Waals surface area contributed by atoms with Crippen molar-refractivity contribution in [2.75, 3.05) is 4.90 Å². The zero-order chi connectivity index (χ0) is 19.7. The first-order chi connectivity index (χ1) is 13.6. The summed E-state index contributed by atoms with van der Waals surface area (Å²) in [5.41, 5.74) is 4.25. The van der Waals surface area contributed by atoms with Crippen molar-refractivity contribution >= 4 is 45.9 Å². The Morgan fingerprint density at radius 3 is 2.68 bits per heavy atom. The normalized spacial score (nSPS) is 15.3. The molecule has 4 rings (SSSR count). The molecule has 0 bridgehead atoms. The smallest absolute Gasteiger partial charge is 0.281 e. The molecule has 3 aromatic rings. The second-order valence-corrected chi connectivity index (χ2v) is 7.05. The van der Waals surface area contributed by atoms with Crippen molar-refractivity contribution in [3.63, 3.8) is 0 Å². The van der Waals surface area contributed by atoms with Crippen LogP contribution in [0.2, 0.25) is 0 Å². The molecule has 0 saturated carbocycles. The van der Waals surface area contributed by atoms with Crippen LogP contribution >= 0.6 is 12.2 Å². The molecule has 1 amide bonds. The fourth-order valence-electron chi connectivity index (χ4n) is 3.36. The van der Waals surface area contributed by atoms with Gasteiger partial charge in [-0.1, -0.05) is 35.9 Å². The second-order valence-electron chi connectivity index (χ2n) is 6.67. The number of amides is 1. The van der Waals surface area contributed by atoms with Crippen LogP contribution in [0.1, 0.15) is 17.5 Å². The van der Waals surface area contributed by atoms with Gasteiger partial charge < -0.3 is 9.88 Å². The summed E-state index contributed by atoms with van der Waals surface area (Å²) in [5.74, 6) is -0.178. The number of nitrogens with one attached hydrogen (secondary N) is 1. The van der Waals surface area contributed by atoms with Crippen LogP contribution in [0.25, 0.3) is 17.0 Å². The highest BCUT2D eigenvalue weighted by Gasteiger charge is 2.32. The number of para-hydroxylation sites is 1. The molecule has 0 atom stereocenters. The molecular formula is C22H18N4OS. The minimum atomic E-state index is -0.178. The SMILES string of the molecule is Cc1ccc(N2C(=O)/C(=C\c3cn(CCC#N)c4ccccc34)NC2=S)cc1. The van der Waals surface area contributed by atoms with Gasteiger partial charge in [-0.25, -0.2) is 0 Å². The largest absolute Gasteiger partial charge is 0.346 e. The third-order valence-corrected chi connectivity index (χ3v) is 5.04. The third kappa shape index (κ3) is 3.17. The van der Waals surface area contributed by atoms with Crippen molar-refractivity contribution in [3.05, 3.63) is 71.6 Å². The monoisotopic (exact) mass is 386 g/mol. The average molecular weight is 386 g/mol. The number of carbonyl (C=O) groups excluding carboxylic acids is 1. The zero-order valence-electron chi connectivity index (χ0n) is 15.3. The molecule has 0 unspecified atom stereocenters. The molecule has 1 N–H and O–H groups in total. The Bertz CT molecular complexity index is 1150. The van der Waals surface area contributed by atoms with E-state index in [4.69, 9.17) is 17.5 Å². The molecule has 1 aliphatic rings. The van der Waals surface area contributed by atoms with Gasteiger partial charge in [0.2, 0.25) is 0 Å². The van der Waals surface area contributed by atoms with Crippen molar-refractivity contribution in [3.8, 4) is 6.07 Å². The second kappa shape index (κ2) is 7.29. The van der Waals surface area contributed by atoms with Gasteiger partial charge in [-0.2, -0.15) is 5.26 Å². The van der Waals surface area contributed by atoms with Crippen LogP contribution in [0.5, 0.6) is 0 Å². The van der Waals surface area contributed by atoms with Crippen molar-refractivity contribution < 1.29 is 4.79 Å². The first-order valence-electron chi connectivity index (χ1n) is 8.97. The van der Waals surface area contributed by atoms with E-state index in [-0.39, 0.29) is 5.91 Å². The predicted octanol–water partition coefficient (Wildman–Crippen LogP) is 4.13. The summed E-state index contributed by atoms with van der Waals surface area (Å²) in [6.45, 7) is 2.61. The molecule has 28 heavy (non-hydrogen) atoms. The number of anilines is 1. The maximum Gasteiger partial charge on any atom is 0.281 e. The van der Waals surface area contributed by atoms with E-state index in [1.165, 1.54) is 4.90 Å². The number of aromatic nitrogens is 1. The molecular weight excluding hydrogens is 368 g/mol. The average Bonchev–Trinajstić information content (AvgIpc) is 3.18. The van der Waals surface area contributed by atoms with Gasteiger partial charge in [0, 0.05) is 29.2 Å². The quantitative estimate of drug-likeness (QED) is 0.541. The summed E-state index contributed by atoms with van der Waals surface area (Å²) in [4.78, 5) is 14.5. The standard InChI is InChI=1S/C22H18N4OS/c1-15-7-9-17(10-8-15)26-21(27)19(24-22(26)28)13-16-14-25(12-4-11-23)20-6-3-2-5-18(16)20/h2-3,5-10,13-14H,4,12H2,1H3,(H,24,28)/b19-13+. The Kier molecular flexibility index (Phi) is 4.68. The number of hydrogen-bond donors (Lipinski definition) is 1. The summed E-state index contributed by atoms with van der Waals surface area (Å²) in [6.07, 6.45) is 4.23. The number of rotatable bonds is 4. The maximum atomic E-state index is 13.0. The summed E-state index contributed by atoms with van der Waals surface area (Å²) < 4.78 is 2.04. The van der Waals surface area contributed by atoms with Gasteiger partial charge in [0.1, 0.15) is 5.70 Å². The zero-order valence-corrected chi connectivity index (χ0v) is 16.2. The highest BCUT2D eigenvalue weighted by atomic mass is 32.1. The lowest BCUT2D eigenvalue weighted by atomic mass is 10.1. The van der Waals surface area contributed by atoms with Gasteiger partial charge in [0.05, 0.1) is 18.2 Å². The highest BCUT2D eigenvalue weighted by molar-refractivity contribution is 7.80. The number of hydrogen-bond acceptors (Lipinski definition) is 3. The van der Waals surface area contributed by atoms with Crippen LogP contribution in [-0.2, 0) is 11.3 Å². The van der Waals surface area contributed by atoms with Gasteiger partial charge in [-0.15, -0.1) is 0 Å². The summed E-state index contributed by atoms with van der Waals surface area (Å²) in [7, 11) is 0. The summed E-state index contributed by atoms with van der Waals surface area (Å²) in [5, 5.41) is 13.3. The Hall–Kier alpha value is -3.43. The molecule has 2 heterocycles. The number of thiocarbonyl (C=S) groups is 1. The van der Waals surface area contributed by atoms with Crippen molar-refractivity contribution in [2.24, 2.45) is 0 Å². The molecule has 1 aliphatic heterocycles. The molecule has 2 aromatic carbocycles. The number of nitrogens with zero attached hydrogens (tertiary/aromatic N) is 3. The van der Waals surface area contributed by atoms with Gasteiger partial charge >= 0.3 is 0 Å². The Morgan fingerprint density at radius 1 is 1.18 bits per heavy atom. The van der Waals surface area contributed by atoms with E-state index in [1.54, 1.807) is 0 Å². The van der Waals surface area contributed by atoms with Crippen LogP contribution < -0.4 is 10.2 Å². The summed E-state index contributed by atoms with van der Waals surface area (Å²) >= 11 is 5.40. The highest BCUT2D eigenvalue weighted by Crippen LogP contribution is 2.27. The van der Waals surface area contributed by atoms with E-state index in [2.05, 4.69) is 11.4 Å². The predicted molar refractivity (Wildman–Crippen MR) is 115 cm³/mol. The molecule has 0 aliphatic carbocycles. The van der Waals surface area contributed by atoms with Crippen molar-refractivity contribution in [1.82, 2.24) is 9.88 Å². The van der Waals surface area contributed by atoms with E-state index >= 15 is 0 Å². The van der Waals surface area contributed by atoms with Crippen LogP contribution in [0.3, 0.4) is 0 Å². The molecule has 138 valence electrons. The Labute approximate surface area is 168 Å². The van der Waals surface area contributed by atoms with E-state index in [0.29, 0.717) is 23.8 Å². The third-order valence-electron chi connectivity index (χ3n) is 4.75. The van der Waals surface area contributed by atoms with Crippen LogP contribution in [0, 0.1) is 18.3 Å². The lowest BCUT2D eigenvalue weighted by Crippen LogP contribution is -2.30. The van der Waals surface area contributed by atoms with Crippen LogP contribution in [-0.4, -0.2) is 15.6 Å². The van der Waals surface area contributed by atoms with E-state index in [1.807, 2.05) is 72.3 Å². The van der Waals surface area contributed by atoms with Crippen LogP contribution in [0.4, 0.5) is 5.69 Å². The van der Waals surface area contributed by atoms with E-state index in [9.17, 15) is 4.79 Å². The number of aryl methyl sites for hydroxylation is 2. The van der Waals surface area contributed by atoms with Crippen molar-refractivity contribution in [2.45, 2.75) is 19.9 Å². The fraction of sp³-hybridized carbons (Fsp3) is 0.136.